The largest absolute Gasteiger partial charge is 0.482 e. The lowest BCUT2D eigenvalue weighted by atomic mass is 10.1. The van der Waals surface area contributed by atoms with Crippen molar-refractivity contribution in [2.45, 2.75) is 6.92 Å². The van der Waals surface area contributed by atoms with Gasteiger partial charge < -0.3 is 13.9 Å². The molecule has 2 aromatic carbocycles. The summed E-state index contributed by atoms with van der Waals surface area (Å²) in [5.41, 5.74) is 0.813. The molecule has 0 atom stereocenters. The maximum Gasteiger partial charge on any atom is 0.349 e. The molecule has 0 radical (unpaired) electrons. The van der Waals surface area contributed by atoms with Crippen LogP contribution in [-0.4, -0.2) is 12.6 Å². The van der Waals surface area contributed by atoms with Gasteiger partial charge in [0.15, 0.2) is 6.61 Å². The van der Waals surface area contributed by atoms with Crippen LogP contribution in [0.5, 0.6) is 11.5 Å². The monoisotopic (exact) mass is 388 g/mol. The number of halogens is 1. The van der Waals surface area contributed by atoms with Crippen molar-refractivity contribution >= 4 is 32.9 Å². The lowest BCUT2D eigenvalue weighted by Gasteiger charge is -2.08. The Kier molecular flexibility index (Phi) is 4.66. The molecule has 0 fully saturated rings. The van der Waals surface area contributed by atoms with Gasteiger partial charge in [0.25, 0.3) is 0 Å². The number of hydrogen-bond acceptors (Lipinski definition) is 5. The third-order valence-electron chi connectivity index (χ3n) is 3.32. The highest BCUT2D eigenvalue weighted by atomic mass is 79.9. The van der Waals surface area contributed by atoms with Crippen molar-refractivity contribution < 1.29 is 18.7 Å². The second kappa shape index (κ2) is 6.88. The van der Waals surface area contributed by atoms with Crippen LogP contribution < -0.4 is 15.1 Å². The van der Waals surface area contributed by atoms with Gasteiger partial charge in [0.1, 0.15) is 17.1 Å². The molecule has 0 aliphatic rings. The summed E-state index contributed by atoms with van der Waals surface area (Å²) in [4.78, 5) is 23.2. The Morgan fingerprint density at radius 3 is 2.54 bits per heavy atom. The lowest BCUT2D eigenvalue weighted by Crippen LogP contribution is -2.17. The molecule has 122 valence electrons. The molecule has 5 nitrogen and oxygen atoms in total. The van der Waals surface area contributed by atoms with Crippen LogP contribution in [0.4, 0.5) is 0 Å². The maximum absolute atomic E-state index is 11.8. The molecule has 1 heterocycles. The second-order valence-electron chi connectivity index (χ2n) is 5.12. The summed E-state index contributed by atoms with van der Waals surface area (Å²) in [6, 6.07) is 13.4. The number of fused-ring (bicyclic) bond motifs is 1. The summed E-state index contributed by atoms with van der Waals surface area (Å²) in [6.45, 7) is 1.58. The van der Waals surface area contributed by atoms with Crippen LogP contribution >= 0.6 is 15.9 Å². The van der Waals surface area contributed by atoms with Gasteiger partial charge in [-0.25, -0.2) is 9.59 Å². The Morgan fingerprint density at radius 2 is 1.79 bits per heavy atom. The summed E-state index contributed by atoms with van der Waals surface area (Å²) in [6.07, 6.45) is 0. The van der Waals surface area contributed by atoms with E-state index in [4.69, 9.17) is 13.9 Å². The quantitative estimate of drug-likeness (QED) is 0.385. The Hall–Kier alpha value is -2.60. The normalized spacial score (nSPS) is 10.6. The van der Waals surface area contributed by atoms with E-state index in [9.17, 15) is 9.59 Å². The van der Waals surface area contributed by atoms with E-state index in [1.807, 2.05) is 6.92 Å². The molecule has 0 aliphatic heterocycles. The molecule has 3 rings (SSSR count). The zero-order valence-corrected chi connectivity index (χ0v) is 14.3. The minimum atomic E-state index is -0.525. The fourth-order valence-corrected chi connectivity index (χ4v) is 2.47. The summed E-state index contributed by atoms with van der Waals surface area (Å²) < 4.78 is 16.6. The first-order valence-electron chi connectivity index (χ1n) is 7.15. The summed E-state index contributed by atoms with van der Waals surface area (Å²) in [7, 11) is 0. The first-order chi connectivity index (χ1) is 11.5. The molecule has 0 saturated heterocycles. The fourth-order valence-electron chi connectivity index (χ4n) is 2.20. The van der Waals surface area contributed by atoms with E-state index in [-0.39, 0.29) is 6.61 Å². The van der Waals surface area contributed by atoms with Gasteiger partial charge in [-0.05, 0) is 48.9 Å². The number of carbonyl (C=O) groups excluding carboxylic acids is 1. The molecule has 24 heavy (non-hydrogen) atoms. The highest BCUT2D eigenvalue weighted by Crippen LogP contribution is 2.22. The summed E-state index contributed by atoms with van der Waals surface area (Å²) in [5, 5.41) is 0.819. The van der Waals surface area contributed by atoms with Gasteiger partial charge in [0.2, 0.25) is 0 Å². The third kappa shape index (κ3) is 3.83. The minimum Gasteiger partial charge on any atom is -0.482 e. The van der Waals surface area contributed by atoms with Crippen molar-refractivity contribution in [3.8, 4) is 11.5 Å². The molecule has 0 bridgehead atoms. The van der Waals surface area contributed by atoms with Crippen molar-refractivity contribution in [2.75, 3.05) is 6.61 Å². The smallest absolute Gasteiger partial charge is 0.349 e. The fraction of sp³-hybridized carbons (Fsp3) is 0.111. The van der Waals surface area contributed by atoms with Crippen LogP contribution in [0.1, 0.15) is 5.56 Å². The molecule has 0 N–H and O–H groups in total. The SMILES string of the molecule is Cc1cc(=O)oc2cc(OCC(=O)Oc3ccc(Br)cc3)ccc12. The van der Waals surface area contributed by atoms with E-state index in [0.717, 1.165) is 15.4 Å². The highest BCUT2D eigenvalue weighted by Gasteiger charge is 2.08. The molecular weight excluding hydrogens is 376 g/mol. The molecule has 0 unspecified atom stereocenters. The van der Waals surface area contributed by atoms with Crippen LogP contribution in [-0.2, 0) is 4.79 Å². The van der Waals surface area contributed by atoms with Gasteiger partial charge in [-0.3, -0.25) is 0 Å². The Morgan fingerprint density at radius 1 is 1.08 bits per heavy atom. The van der Waals surface area contributed by atoms with Gasteiger partial charge >= 0.3 is 11.6 Å². The Bertz CT molecular complexity index is 944. The molecule has 0 saturated carbocycles. The van der Waals surface area contributed by atoms with E-state index in [1.54, 1.807) is 42.5 Å². The van der Waals surface area contributed by atoms with Crippen LogP contribution in [0.2, 0.25) is 0 Å². The predicted molar refractivity (Wildman–Crippen MR) is 92.5 cm³/mol. The molecular formula is C18H13BrO5. The van der Waals surface area contributed by atoms with Crippen molar-refractivity contribution in [3.05, 3.63) is 69.0 Å². The summed E-state index contributed by atoms with van der Waals surface area (Å²) in [5.74, 6) is 0.332. The molecule has 1 aromatic heterocycles. The zero-order valence-electron chi connectivity index (χ0n) is 12.7. The van der Waals surface area contributed by atoms with Crippen LogP contribution in [0, 0.1) is 6.92 Å². The van der Waals surface area contributed by atoms with E-state index in [1.165, 1.54) is 6.07 Å². The standard InChI is InChI=1S/C18H13BrO5/c1-11-8-17(20)24-16-9-14(6-7-15(11)16)22-10-18(21)23-13-4-2-12(19)3-5-13/h2-9H,10H2,1H3. The van der Waals surface area contributed by atoms with Crippen molar-refractivity contribution in [3.63, 3.8) is 0 Å². The van der Waals surface area contributed by atoms with E-state index in [0.29, 0.717) is 17.1 Å². The summed E-state index contributed by atoms with van der Waals surface area (Å²) >= 11 is 3.31. The van der Waals surface area contributed by atoms with E-state index < -0.39 is 11.6 Å². The average molecular weight is 389 g/mol. The van der Waals surface area contributed by atoms with Gasteiger partial charge in [0, 0.05) is 22.0 Å². The topological polar surface area (TPSA) is 65.7 Å². The number of benzene rings is 2. The number of esters is 1. The van der Waals surface area contributed by atoms with Crippen molar-refractivity contribution in [2.24, 2.45) is 0 Å². The number of rotatable bonds is 4. The van der Waals surface area contributed by atoms with Crippen molar-refractivity contribution in [1.29, 1.82) is 0 Å². The molecule has 0 aliphatic carbocycles. The maximum atomic E-state index is 11.8. The van der Waals surface area contributed by atoms with Crippen LogP contribution in [0.3, 0.4) is 0 Å². The Balaban J connectivity index is 1.67. The number of carbonyl (C=O) groups is 1. The second-order valence-corrected chi connectivity index (χ2v) is 6.04. The van der Waals surface area contributed by atoms with E-state index in [2.05, 4.69) is 15.9 Å². The van der Waals surface area contributed by atoms with Gasteiger partial charge in [-0.1, -0.05) is 15.9 Å². The molecule has 3 aromatic rings. The zero-order chi connectivity index (χ0) is 17.1. The Labute approximate surface area is 145 Å². The number of aryl methyl sites for hydroxylation is 1. The van der Waals surface area contributed by atoms with E-state index >= 15 is 0 Å². The van der Waals surface area contributed by atoms with Crippen LogP contribution in [0.25, 0.3) is 11.0 Å². The number of hydrogen-bond donors (Lipinski definition) is 0. The third-order valence-corrected chi connectivity index (χ3v) is 3.85. The first kappa shape index (κ1) is 16.3. The van der Waals surface area contributed by atoms with Crippen LogP contribution in [0.15, 0.2) is 62.2 Å². The highest BCUT2D eigenvalue weighted by molar-refractivity contribution is 9.10. The minimum absolute atomic E-state index is 0.252. The molecule has 0 spiro atoms. The van der Waals surface area contributed by atoms with Gasteiger partial charge in [0.05, 0.1) is 0 Å². The first-order valence-corrected chi connectivity index (χ1v) is 7.94. The number of ether oxygens (including phenoxy) is 2. The van der Waals surface area contributed by atoms with Gasteiger partial charge in [-0.15, -0.1) is 0 Å². The lowest BCUT2D eigenvalue weighted by molar-refractivity contribution is -0.136. The molecule has 6 heteroatoms. The predicted octanol–water partition coefficient (Wildman–Crippen LogP) is 3.85. The van der Waals surface area contributed by atoms with Gasteiger partial charge in [-0.2, -0.15) is 0 Å². The van der Waals surface area contributed by atoms with Crippen molar-refractivity contribution in [1.82, 2.24) is 0 Å². The molecule has 0 amide bonds. The average Bonchev–Trinajstić information content (AvgIpc) is 2.54.